The zero-order valence-electron chi connectivity index (χ0n) is 7.49. The molecule has 1 aromatic rings. The summed E-state index contributed by atoms with van der Waals surface area (Å²) in [5, 5.41) is 10.9. The highest BCUT2D eigenvalue weighted by Crippen LogP contribution is 2.24. The molecule has 0 unspecified atom stereocenters. The average Bonchev–Trinajstić information content (AvgIpc) is 2.56. The van der Waals surface area contributed by atoms with Gasteiger partial charge in [-0.15, -0.1) is 11.3 Å². The molecule has 0 amide bonds. The van der Waals surface area contributed by atoms with Crippen LogP contribution in [-0.4, -0.2) is 17.6 Å². The lowest BCUT2D eigenvalue weighted by molar-refractivity contribution is -0.147. The minimum absolute atomic E-state index is 0.167. The first kappa shape index (κ1) is 10.2. The van der Waals surface area contributed by atoms with Crippen LogP contribution in [0.4, 0.5) is 0 Å². The molecule has 0 radical (unpaired) electrons. The molecule has 1 aromatic heterocycles. The van der Waals surface area contributed by atoms with E-state index in [0.717, 1.165) is 4.88 Å². The van der Waals surface area contributed by atoms with Crippen LogP contribution in [0.2, 0.25) is 0 Å². The first-order valence-electron chi connectivity index (χ1n) is 4.04. The predicted molar refractivity (Wildman–Crippen MR) is 52.8 cm³/mol. The van der Waals surface area contributed by atoms with Gasteiger partial charge in [0.1, 0.15) is 0 Å². The third-order valence-corrected chi connectivity index (χ3v) is 2.99. The summed E-state index contributed by atoms with van der Waals surface area (Å²) in [6, 6.07) is 3.85. The third kappa shape index (κ3) is 2.29. The fourth-order valence-electron chi connectivity index (χ4n) is 1.03. The lowest BCUT2D eigenvalue weighted by atomic mass is 9.86. The minimum atomic E-state index is -0.830. The second-order valence-electron chi connectivity index (χ2n) is 3.33. The Bertz CT molecular complexity index is 284. The van der Waals surface area contributed by atoms with Crippen molar-refractivity contribution in [3.05, 3.63) is 22.4 Å². The molecule has 72 valence electrons. The molecule has 1 heterocycles. The molecule has 0 aliphatic heterocycles. The number of carboxylic acids is 1. The van der Waals surface area contributed by atoms with Gasteiger partial charge < -0.3 is 10.8 Å². The summed E-state index contributed by atoms with van der Waals surface area (Å²) in [5.74, 6) is -0.830. The summed E-state index contributed by atoms with van der Waals surface area (Å²) in [6.07, 6.45) is 0.510. The van der Waals surface area contributed by atoms with Crippen LogP contribution in [0.25, 0.3) is 0 Å². The van der Waals surface area contributed by atoms with Crippen LogP contribution in [0.3, 0.4) is 0 Å². The molecule has 1 atom stereocenters. The largest absolute Gasteiger partial charge is 0.481 e. The van der Waals surface area contributed by atoms with Crippen LogP contribution in [0.15, 0.2) is 17.5 Å². The Kier molecular flexibility index (Phi) is 3.06. The Morgan fingerprint density at radius 2 is 2.46 bits per heavy atom. The van der Waals surface area contributed by atoms with Crippen molar-refractivity contribution in [2.45, 2.75) is 13.3 Å². The van der Waals surface area contributed by atoms with Crippen molar-refractivity contribution in [3.63, 3.8) is 0 Å². The van der Waals surface area contributed by atoms with Crippen LogP contribution in [0, 0.1) is 5.41 Å². The first-order valence-corrected chi connectivity index (χ1v) is 4.92. The zero-order valence-corrected chi connectivity index (χ0v) is 8.30. The maximum atomic E-state index is 10.9. The second-order valence-corrected chi connectivity index (χ2v) is 4.36. The molecule has 1 rings (SSSR count). The van der Waals surface area contributed by atoms with E-state index >= 15 is 0 Å². The highest BCUT2D eigenvalue weighted by Gasteiger charge is 2.31. The number of carbonyl (C=O) groups is 1. The fraction of sp³-hybridized carbons (Fsp3) is 0.444. The summed E-state index contributed by atoms with van der Waals surface area (Å²) in [5.41, 5.74) is 4.62. The van der Waals surface area contributed by atoms with Gasteiger partial charge in [-0.3, -0.25) is 4.79 Å². The Morgan fingerprint density at radius 1 is 1.77 bits per heavy atom. The van der Waals surface area contributed by atoms with E-state index in [9.17, 15) is 4.79 Å². The maximum Gasteiger partial charge on any atom is 0.311 e. The molecule has 0 spiro atoms. The number of thiophene rings is 1. The molecular formula is C9H13NO2S. The number of carboxylic acid groups (broad SMARTS) is 1. The van der Waals surface area contributed by atoms with Crippen molar-refractivity contribution in [2.75, 3.05) is 6.54 Å². The molecule has 0 fully saturated rings. The first-order chi connectivity index (χ1) is 6.08. The molecule has 0 aliphatic carbocycles. The standard InChI is InChI=1S/C9H13NO2S/c1-9(6-10,8(11)12)5-7-3-2-4-13-7/h2-4H,5-6,10H2,1H3,(H,11,12)/t9-/m0/s1. The Labute approximate surface area is 81.2 Å². The highest BCUT2D eigenvalue weighted by atomic mass is 32.1. The van der Waals surface area contributed by atoms with E-state index in [1.165, 1.54) is 0 Å². The van der Waals surface area contributed by atoms with Gasteiger partial charge in [-0.25, -0.2) is 0 Å². The number of rotatable bonds is 4. The lowest BCUT2D eigenvalue weighted by Gasteiger charge is -2.21. The average molecular weight is 199 g/mol. The third-order valence-electron chi connectivity index (χ3n) is 2.11. The molecular weight excluding hydrogens is 186 g/mol. The van der Waals surface area contributed by atoms with Gasteiger partial charge in [-0.2, -0.15) is 0 Å². The SMILES string of the molecule is C[C@@](CN)(Cc1cccs1)C(=O)O. The summed E-state index contributed by atoms with van der Waals surface area (Å²) < 4.78 is 0. The summed E-state index contributed by atoms with van der Waals surface area (Å²) >= 11 is 1.56. The topological polar surface area (TPSA) is 63.3 Å². The predicted octanol–water partition coefficient (Wildman–Crippen LogP) is 1.34. The monoisotopic (exact) mass is 199 g/mol. The van der Waals surface area contributed by atoms with Gasteiger partial charge in [0.25, 0.3) is 0 Å². The molecule has 3 N–H and O–H groups in total. The van der Waals surface area contributed by atoms with Gasteiger partial charge in [0.2, 0.25) is 0 Å². The normalized spacial score (nSPS) is 15.2. The van der Waals surface area contributed by atoms with E-state index in [2.05, 4.69) is 0 Å². The van der Waals surface area contributed by atoms with Crippen molar-refractivity contribution in [3.8, 4) is 0 Å². The van der Waals surface area contributed by atoms with Crippen LogP contribution < -0.4 is 5.73 Å². The molecule has 0 aliphatic rings. The van der Waals surface area contributed by atoms with Gasteiger partial charge in [0.05, 0.1) is 5.41 Å². The zero-order chi connectivity index (χ0) is 9.90. The Hall–Kier alpha value is -0.870. The van der Waals surface area contributed by atoms with Gasteiger partial charge in [0.15, 0.2) is 0 Å². The second kappa shape index (κ2) is 3.89. The summed E-state index contributed by atoms with van der Waals surface area (Å²) in [6.45, 7) is 1.84. The molecule has 3 nitrogen and oxygen atoms in total. The van der Waals surface area contributed by atoms with Gasteiger partial charge in [-0.1, -0.05) is 6.07 Å². The molecule has 0 saturated heterocycles. The van der Waals surface area contributed by atoms with E-state index in [1.54, 1.807) is 18.3 Å². The van der Waals surface area contributed by atoms with Gasteiger partial charge in [0, 0.05) is 11.4 Å². The van der Waals surface area contributed by atoms with Crippen molar-refractivity contribution in [1.29, 1.82) is 0 Å². The van der Waals surface area contributed by atoms with Crippen LogP contribution in [0.5, 0.6) is 0 Å². The summed E-state index contributed by atoms with van der Waals surface area (Å²) in [7, 11) is 0. The van der Waals surface area contributed by atoms with Crippen molar-refractivity contribution in [1.82, 2.24) is 0 Å². The van der Waals surface area contributed by atoms with Gasteiger partial charge in [-0.05, 0) is 24.8 Å². The van der Waals surface area contributed by atoms with E-state index in [0.29, 0.717) is 6.42 Å². The fourth-order valence-corrected chi connectivity index (χ4v) is 1.92. The van der Waals surface area contributed by atoms with Gasteiger partial charge >= 0.3 is 5.97 Å². The van der Waals surface area contributed by atoms with E-state index < -0.39 is 11.4 Å². The van der Waals surface area contributed by atoms with Crippen LogP contribution in [0.1, 0.15) is 11.8 Å². The lowest BCUT2D eigenvalue weighted by Crippen LogP contribution is -2.37. The maximum absolute atomic E-state index is 10.9. The number of nitrogens with two attached hydrogens (primary N) is 1. The highest BCUT2D eigenvalue weighted by molar-refractivity contribution is 7.09. The smallest absolute Gasteiger partial charge is 0.311 e. The summed E-state index contributed by atoms with van der Waals surface area (Å²) in [4.78, 5) is 12.0. The van der Waals surface area contributed by atoms with Crippen molar-refractivity contribution < 1.29 is 9.90 Å². The van der Waals surface area contributed by atoms with Crippen molar-refractivity contribution >= 4 is 17.3 Å². The Morgan fingerprint density at radius 3 is 2.85 bits per heavy atom. The van der Waals surface area contributed by atoms with E-state index in [1.807, 2.05) is 17.5 Å². The van der Waals surface area contributed by atoms with E-state index in [-0.39, 0.29) is 6.54 Å². The van der Waals surface area contributed by atoms with Crippen LogP contribution in [-0.2, 0) is 11.2 Å². The van der Waals surface area contributed by atoms with Crippen LogP contribution >= 0.6 is 11.3 Å². The molecule has 13 heavy (non-hydrogen) atoms. The molecule has 4 heteroatoms. The Balaban J connectivity index is 2.75. The van der Waals surface area contributed by atoms with E-state index in [4.69, 9.17) is 10.8 Å². The molecule has 0 bridgehead atoms. The quantitative estimate of drug-likeness (QED) is 0.769. The number of hydrogen-bond donors (Lipinski definition) is 2. The number of hydrogen-bond acceptors (Lipinski definition) is 3. The van der Waals surface area contributed by atoms with Crippen molar-refractivity contribution in [2.24, 2.45) is 11.1 Å². The minimum Gasteiger partial charge on any atom is -0.481 e. The molecule has 0 saturated carbocycles. The molecule has 0 aromatic carbocycles. The number of aliphatic carboxylic acids is 1.